The molecule has 0 aliphatic heterocycles. The smallest absolute Gasteiger partial charge is 0.306 e. The Labute approximate surface area is 103 Å². The van der Waals surface area contributed by atoms with Gasteiger partial charge in [-0.15, -0.1) is 0 Å². The lowest BCUT2D eigenvalue weighted by molar-refractivity contribution is -0.143. The van der Waals surface area contributed by atoms with Gasteiger partial charge < -0.3 is 4.74 Å². The van der Waals surface area contributed by atoms with Gasteiger partial charge in [-0.3, -0.25) is 4.79 Å². The molecule has 0 spiro atoms. The van der Waals surface area contributed by atoms with E-state index >= 15 is 0 Å². The second-order valence-electron chi connectivity index (χ2n) is 5.37. The molecule has 0 aromatic heterocycles. The topological polar surface area (TPSA) is 26.3 Å². The Morgan fingerprint density at radius 2 is 2.06 bits per heavy atom. The zero-order chi connectivity index (χ0) is 12.5. The first-order valence-electron chi connectivity index (χ1n) is 6.24. The number of hydrogen-bond acceptors (Lipinski definition) is 2. The fourth-order valence-electron chi connectivity index (χ4n) is 2.76. The van der Waals surface area contributed by atoms with Crippen LogP contribution in [0.15, 0.2) is 18.2 Å². The number of aryl methyl sites for hydroxylation is 1. The quantitative estimate of drug-likeness (QED) is 0.749. The molecule has 0 bridgehead atoms. The Hall–Kier alpha value is -1.31. The summed E-state index contributed by atoms with van der Waals surface area (Å²) in [6, 6.07) is 6.71. The lowest BCUT2D eigenvalue weighted by atomic mass is 9.84. The maximum atomic E-state index is 11.4. The highest BCUT2D eigenvalue weighted by molar-refractivity contribution is 5.70. The third-order valence-corrected chi connectivity index (χ3v) is 3.71. The zero-order valence-electron chi connectivity index (χ0n) is 10.9. The predicted octanol–water partition coefficient (Wildman–Crippen LogP) is 2.92. The molecular weight excluding hydrogens is 212 g/mol. The van der Waals surface area contributed by atoms with Crippen LogP contribution in [-0.4, -0.2) is 13.1 Å². The van der Waals surface area contributed by atoms with E-state index in [-0.39, 0.29) is 11.4 Å². The molecule has 0 heterocycles. The van der Waals surface area contributed by atoms with Crippen LogP contribution >= 0.6 is 0 Å². The van der Waals surface area contributed by atoms with Gasteiger partial charge >= 0.3 is 5.97 Å². The van der Waals surface area contributed by atoms with Crippen molar-refractivity contribution >= 4 is 5.97 Å². The summed E-state index contributed by atoms with van der Waals surface area (Å²) in [4.78, 5) is 11.4. The number of rotatable bonds is 3. The fraction of sp³-hybridized carbons (Fsp3) is 0.533. The SMILES string of the molecule is CCc1ccc2c(c1)CC(C)(CC(=O)OC)C2. The molecule has 1 atom stereocenters. The first kappa shape index (κ1) is 12.2. The van der Waals surface area contributed by atoms with E-state index in [2.05, 4.69) is 32.0 Å². The van der Waals surface area contributed by atoms with E-state index in [1.54, 1.807) is 0 Å². The van der Waals surface area contributed by atoms with E-state index in [0.29, 0.717) is 6.42 Å². The van der Waals surface area contributed by atoms with Crippen LogP contribution in [0.25, 0.3) is 0 Å². The number of ether oxygens (including phenoxy) is 1. The van der Waals surface area contributed by atoms with Crippen LogP contribution in [-0.2, 0) is 28.8 Å². The third-order valence-electron chi connectivity index (χ3n) is 3.71. The van der Waals surface area contributed by atoms with Crippen LogP contribution in [0.3, 0.4) is 0 Å². The molecule has 17 heavy (non-hydrogen) atoms. The Bertz CT molecular complexity index is 437. The lowest BCUT2D eigenvalue weighted by Crippen LogP contribution is -2.22. The molecule has 1 aromatic carbocycles. The van der Waals surface area contributed by atoms with Crippen molar-refractivity contribution in [2.45, 2.75) is 39.5 Å². The predicted molar refractivity (Wildman–Crippen MR) is 68.0 cm³/mol. The summed E-state index contributed by atoms with van der Waals surface area (Å²) in [6.45, 7) is 4.35. The molecule has 0 radical (unpaired) electrons. The van der Waals surface area contributed by atoms with Gasteiger partial charge in [0.25, 0.3) is 0 Å². The lowest BCUT2D eigenvalue weighted by Gasteiger charge is -2.21. The highest BCUT2D eigenvalue weighted by Gasteiger charge is 2.35. The van der Waals surface area contributed by atoms with Gasteiger partial charge in [0.1, 0.15) is 0 Å². The number of fused-ring (bicyclic) bond motifs is 1. The summed E-state index contributed by atoms with van der Waals surface area (Å²) >= 11 is 0. The summed E-state index contributed by atoms with van der Waals surface area (Å²) in [5.41, 5.74) is 4.23. The van der Waals surface area contributed by atoms with Crippen molar-refractivity contribution in [3.63, 3.8) is 0 Å². The molecule has 0 saturated carbocycles. The van der Waals surface area contributed by atoms with Gasteiger partial charge in [0.2, 0.25) is 0 Å². The van der Waals surface area contributed by atoms with E-state index in [9.17, 15) is 4.79 Å². The number of methoxy groups -OCH3 is 1. The summed E-state index contributed by atoms with van der Waals surface area (Å²) in [6.07, 6.45) is 3.56. The van der Waals surface area contributed by atoms with Gasteiger partial charge in [0.15, 0.2) is 0 Å². The van der Waals surface area contributed by atoms with Gasteiger partial charge in [-0.1, -0.05) is 32.0 Å². The molecule has 0 fully saturated rings. The van der Waals surface area contributed by atoms with E-state index in [0.717, 1.165) is 19.3 Å². The fourth-order valence-corrected chi connectivity index (χ4v) is 2.76. The number of esters is 1. The first-order valence-corrected chi connectivity index (χ1v) is 6.24. The average Bonchev–Trinajstić information content (AvgIpc) is 2.63. The number of benzene rings is 1. The minimum absolute atomic E-state index is 0.0434. The summed E-state index contributed by atoms with van der Waals surface area (Å²) in [5, 5.41) is 0. The Balaban J connectivity index is 2.17. The van der Waals surface area contributed by atoms with Gasteiger partial charge in [0, 0.05) is 0 Å². The number of carbonyl (C=O) groups excluding carboxylic acids is 1. The second kappa shape index (κ2) is 4.52. The molecule has 2 heteroatoms. The largest absolute Gasteiger partial charge is 0.469 e. The average molecular weight is 232 g/mol. The molecule has 1 unspecified atom stereocenters. The minimum Gasteiger partial charge on any atom is -0.469 e. The van der Waals surface area contributed by atoms with E-state index in [1.807, 2.05) is 0 Å². The van der Waals surface area contributed by atoms with E-state index in [1.165, 1.54) is 23.8 Å². The molecule has 0 saturated heterocycles. The van der Waals surface area contributed by atoms with Crippen molar-refractivity contribution in [1.82, 2.24) is 0 Å². The van der Waals surface area contributed by atoms with Gasteiger partial charge in [-0.25, -0.2) is 0 Å². The van der Waals surface area contributed by atoms with E-state index < -0.39 is 0 Å². The number of carbonyl (C=O) groups is 1. The maximum absolute atomic E-state index is 11.4. The van der Waals surface area contributed by atoms with E-state index in [4.69, 9.17) is 4.74 Å². The molecule has 1 aliphatic carbocycles. The van der Waals surface area contributed by atoms with Crippen LogP contribution in [0, 0.1) is 5.41 Å². The van der Waals surface area contributed by atoms with Gasteiger partial charge in [0.05, 0.1) is 13.5 Å². The Morgan fingerprint density at radius 1 is 1.35 bits per heavy atom. The standard InChI is InChI=1S/C15H20O2/c1-4-11-5-6-12-8-15(2,9-13(12)7-11)10-14(16)17-3/h5-7H,4,8-10H2,1-3H3. The van der Waals surface area contributed by atoms with Crippen molar-refractivity contribution < 1.29 is 9.53 Å². The van der Waals surface area contributed by atoms with Crippen LogP contribution in [0.2, 0.25) is 0 Å². The van der Waals surface area contributed by atoms with Gasteiger partial charge in [-0.05, 0) is 41.4 Å². The van der Waals surface area contributed by atoms with Crippen molar-refractivity contribution in [3.8, 4) is 0 Å². The molecule has 0 amide bonds. The van der Waals surface area contributed by atoms with Crippen molar-refractivity contribution in [2.75, 3.05) is 7.11 Å². The summed E-state index contributed by atoms with van der Waals surface area (Å²) in [5.74, 6) is -0.101. The Kier molecular flexibility index (Phi) is 3.23. The Morgan fingerprint density at radius 3 is 2.71 bits per heavy atom. The maximum Gasteiger partial charge on any atom is 0.306 e. The molecule has 1 aromatic rings. The molecule has 92 valence electrons. The van der Waals surface area contributed by atoms with Gasteiger partial charge in [-0.2, -0.15) is 0 Å². The summed E-state index contributed by atoms with van der Waals surface area (Å²) < 4.78 is 4.78. The second-order valence-corrected chi connectivity index (χ2v) is 5.37. The molecular formula is C15H20O2. The number of hydrogen-bond donors (Lipinski definition) is 0. The highest BCUT2D eigenvalue weighted by atomic mass is 16.5. The molecule has 2 nitrogen and oxygen atoms in total. The van der Waals surface area contributed by atoms with Crippen LogP contribution in [0.1, 0.15) is 37.0 Å². The van der Waals surface area contributed by atoms with Crippen molar-refractivity contribution in [1.29, 1.82) is 0 Å². The molecule has 2 rings (SSSR count). The molecule has 0 N–H and O–H groups in total. The third kappa shape index (κ3) is 2.51. The van der Waals surface area contributed by atoms with Crippen LogP contribution < -0.4 is 0 Å². The minimum atomic E-state index is -0.101. The molecule has 1 aliphatic rings. The monoisotopic (exact) mass is 232 g/mol. The summed E-state index contributed by atoms with van der Waals surface area (Å²) in [7, 11) is 1.46. The normalized spacial score (nSPS) is 22.3. The van der Waals surface area contributed by atoms with Crippen LogP contribution in [0.5, 0.6) is 0 Å². The zero-order valence-corrected chi connectivity index (χ0v) is 10.9. The van der Waals surface area contributed by atoms with Crippen LogP contribution in [0.4, 0.5) is 0 Å². The highest BCUT2D eigenvalue weighted by Crippen LogP contribution is 2.39. The van der Waals surface area contributed by atoms with Crippen molar-refractivity contribution in [3.05, 3.63) is 34.9 Å². The first-order chi connectivity index (χ1) is 8.06. The van der Waals surface area contributed by atoms with Crippen molar-refractivity contribution in [2.24, 2.45) is 5.41 Å².